The lowest BCUT2D eigenvalue weighted by Crippen LogP contribution is -2.17. The van der Waals surface area contributed by atoms with Crippen molar-refractivity contribution < 1.29 is 4.79 Å². The van der Waals surface area contributed by atoms with E-state index in [1.54, 1.807) is 17.8 Å². The second-order valence-electron chi connectivity index (χ2n) is 4.38. The highest BCUT2D eigenvalue weighted by atomic mass is 32.2. The molecule has 4 nitrogen and oxygen atoms in total. The second kappa shape index (κ2) is 6.45. The van der Waals surface area contributed by atoms with Gasteiger partial charge in [0.2, 0.25) is 0 Å². The third kappa shape index (κ3) is 3.31. The standard InChI is InChI=1S/C15H17N3OS/c1-10-6-7-14(18-16)13(8-10)15(19)17-11-4-3-5-12(9-11)20-2/h3-9,18H,16H2,1-2H3,(H,17,19). The van der Waals surface area contributed by atoms with Crippen LogP contribution in [0.1, 0.15) is 15.9 Å². The largest absolute Gasteiger partial charge is 0.323 e. The van der Waals surface area contributed by atoms with Crippen LogP contribution >= 0.6 is 11.8 Å². The summed E-state index contributed by atoms with van der Waals surface area (Å²) < 4.78 is 0. The zero-order valence-electron chi connectivity index (χ0n) is 11.4. The average Bonchev–Trinajstić information content (AvgIpc) is 2.47. The average molecular weight is 287 g/mol. The van der Waals surface area contributed by atoms with Gasteiger partial charge in [-0.25, -0.2) is 0 Å². The summed E-state index contributed by atoms with van der Waals surface area (Å²) in [5, 5.41) is 2.89. The Bertz CT molecular complexity index is 628. The Hall–Kier alpha value is -1.98. The summed E-state index contributed by atoms with van der Waals surface area (Å²) >= 11 is 1.63. The van der Waals surface area contributed by atoms with Gasteiger partial charge in [0.15, 0.2) is 0 Å². The Morgan fingerprint density at radius 2 is 2.00 bits per heavy atom. The number of benzene rings is 2. The number of nitrogens with one attached hydrogen (secondary N) is 2. The first-order valence-corrected chi connectivity index (χ1v) is 7.39. The number of rotatable bonds is 4. The SMILES string of the molecule is CSc1cccc(NC(=O)c2cc(C)ccc2NN)c1. The third-order valence-electron chi connectivity index (χ3n) is 2.90. The van der Waals surface area contributed by atoms with Crippen LogP contribution < -0.4 is 16.6 Å². The number of thioether (sulfide) groups is 1. The fraction of sp³-hybridized carbons (Fsp3) is 0.133. The predicted octanol–water partition coefficient (Wildman–Crippen LogP) is 3.25. The van der Waals surface area contributed by atoms with Crippen LogP contribution in [-0.4, -0.2) is 12.2 Å². The van der Waals surface area contributed by atoms with Crippen LogP contribution in [-0.2, 0) is 0 Å². The molecule has 0 saturated heterocycles. The lowest BCUT2D eigenvalue weighted by molar-refractivity contribution is 0.102. The van der Waals surface area contributed by atoms with Crippen LogP contribution in [0.4, 0.5) is 11.4 Å². The van der Waals surface area contributed by atoms with Crippen LogP contribution in [0.15, 0.2) is 47.4 Å². The van der Waals surface area contributed by atoms with Crippen LogP contribution in [0, 0.1) is 6.92 Å². The highest BCUT2D eigenvalue weighted by Gasteiger charge is 2.11. The minimum atomic E-state index is -0.181. The van der Waals surface area contributed by atoms with Crippen molar-refractivity contribution in [1.82, 2.24) is 0 Å². The van der Waals surface area contributed by atoms with E-state index in [0.717, 1.165) is 16.1 Å². The normalized spacial score (nSPS) is 10.2. The topological polar surface area (TPSA) is 67.2 Å². The molecule has 0 atom stereocenters. The van der Waals surface area contributed by atoms with E-state index in [9.17, 15) is 4.79 Å². The van der Waals surface area contributed by atoms with Crippen LogP contribution in [0.3, 0.4) is 0 Å². The molecule has 2 aromatic carbocycles. The van der Waals surface area contributed by atoms with Crippen molar-refractivity contribution in [2.45, 2.75) is 11.8 Å². The second-order valence-corrected chi connectivity index (χ2v) is 5.26. The monoisotopic (exact) mass is 287 g/mol. The number of carbonyl (C=O) groups is 1. The molecule has 104 valence electrons. The lowest BCUT2D eigenvalue weighted by Gasteiger charge is -2.11. The van der Waals surface area contributed by atoms with E-state index >= 15 is 0 Å². The molecule has 0 heterocycles. The molecule has 0 fully saturated rings. The van der Waals surface area contributed by atoms with Gasteiger partial charge in [0.05, 0.1) is 11.3 Å². The molecular formula is C15H17N3OS. The molecule has 2 aromatic rings. The minimum absolute atomic E-state index is 0.181. The van der Waals surface area contributed by atoms with Gasteiger partial charge < -0.3 is 10.7 Å². The van der Waals surface area contributed by atoms with Crippen molar-refractivity contribution in [2.24, 2.45) is 5.84 Å². The fourth-order valence-corrected chi connectivity index (χ4v) is 2.33. The Balaban J connectivity index is 2.25. The maximum Gasteiger partial charge on any atom is 0.257 e. The molecule has 0 spiro atoms. The molecule has 1 amide bonds. The van der Waals surface area contributed by atoms with Gasteiger partial charge in [0.25, 0.3) is 5.91 Å². The first kappa shape index (κ1) is 14.4. The molecular weight excluding hydrogens is 270 g/mol. The van der Waals surface area contributed by atoms with Crippen molar-refractivity contribution in [3.05, 3.63) is 53.6 Å². The molecule has 4 N–H and O–H groups in total. The maximum atomic E-state index is 12.3. The van der Waals surface area contributed by atoms with Gasteiger partial charge in [-0.05, 0) is 43.5 Å². The number of anilines is 2. The van der Waals surface area contributed by atoms with Crippen LogP contribution in [0.25, 0.3) is 0 Å². The van der Waals surface area contributed by atoms with Gasteiger partial charge in [0, 0.05) is 10.6 Å². The molecule has 5 heteroatoms. The molecule has 0 aromatic heterocycles. The smallest absolute Gasteiger partial charge is 0.257 e. The minimum Gasteiger partial charge on any atom is -0.323 e. The van der Waals surface area contributed by atoms with Crippen molar-refractivity contribution in [3.8, 4) is 0 Å². The van der Waals surface area contributed by atoms with E-state index < -0.39 is 0 Å². The van der Waals surface area contributed by atoms with E-state index in [1.807, 2.05) is 49.6 Å². The third-order valence-corrected chi connectivity index (χ3v) is 3.63. The van der Waals surface area contributed by atoms with E-state index in [2.05, 4.69) is 10.7 Å². The summed E-state index contributed by atoms with van der Waals surface area (Å²) in [5.74, 6) is 5.26. The van der Waals surface area contributed by atoms with E-state index in [-0.39, 0.29) is 5.91 Å². The Morgan fingerprint density at radius 3 is 2.70 bits per heavy atom. The molecule has 20 heavy (non-hydrogen) atoms. The Labute approximate surface area is 122 Å². The predicted molar refractivity (Wildman–Crippen MR) is 85.2 cm³/mol. The highest BCUT2D eigenvalue weighted by molar-refractivity contribution is 7.98. The number of amides is 1. The number of hydrogen-bond donors (Lipinski definition) is 3. The summed E-state index contributed by atoms with van der Waals surface area (Å²) in [6, 6.07) is 13.2. The Kier molecular flexibility index (Phi) is 4.65. The molecule has 2 rings (SSSR count). The van der Waals surface area contributed by atoms with Gasteiger partial charge in [0.1, 0.15) is 0 Å². The quantitative estimate of drug-likeness (QED) is 0.459. The highest BCUT2D eigenvalue weighted by Crippen LogP contribution is 2.21. The molecule has 0 bridgehead atoms. The van der Waals surface area contributed by atoms with Gasteiger partial charge in [-0.2, -0.15) is 0 Å². The summed E-state index contributed by atoms with van der Waals surface area (Å²) in [5.41, 5.74) is 5.46. The summed E-state index contributed by atoms with van der Waals surface area (Å²) in [6.07, 6.45) is 2.00. The number of carbonyl (C=O) groups excluding carboxylic acids is 1. The van der Waals surface area contributed by atoms with E-state index in [4.69, 9.17) is 5.84 Å². The summed E-state index contributed by atoms with van der Waals surface area (Å²) in [7, 11) is 0. The Morgan fingerprint density at radius 1 is 1.20 bits per heavy atom. The van der Waals surface area contributed by atoms with Gasteiger partial charge in [-0.1, -0.05) is 17.7 Å². The van der Waals surface area contributed by atoms with Crippen LogP contribution in [0.2, 0.25) is 0 Å². The fourth-order valence-electron chi connectivity index (χ4n) is 1.87. The molecule has 0 radical (unpaired) electrons. The number of aryl methyl sites for hydroxylation is 1. The molecule has 0 saturated carbocycles. The van der Waals surface area contributed by atoms with Gasteiger partial charge >= 0.3 is 0 Å². The molecule has 0 unspecified atom stereocenters. The lowest BCUT2D eigenvalue weighted by atomic mass is 10.1. The molecule has 0 aliphatic heterocycles. The summed E-state index contributed by atoms with van der Waals surface area (Å²) in [6.45, 7) is 1.94. The zero-order valence-corrected chi connectivity index (χ0v) is 12.3. The van der Waals surface area contributed by atoms with Crippen molar-refractivity contribution in [2.75, 3.05) is 17.0 Å². The van der Waals surface area contributed by atoms with Gasteiger partial charge in [-0.15, -0.1) is 11.8 Å². The number of nitrogens with two attached hydrogens (primary N) is 1. The van der Waals surface area contributed by atoms with Crippen LogP contribution in [0.5, 0.6) is 0 Å². The number of hydrogen-bond acceptors (Lipinski definition) is 4. The first-order chi connectivity index (χ1) is 9.63. The summed E-state index contributed by atoms with van der Waals surface area (Å²) in [4.78, 5) is 13.4. The molecule has 0 aliphatic carbocycles. The van der Waals surface area contributed by atoms with Crippen molar-refractivity contribution in [1.29, 1.82) is 0 Å². The van der Waals surface area contributed by atoms with Crippen molar-refractivity contribution >= 4 is 29.0 Å². The first-order valence-electron chi connectivity index (χ1n) is 6.16. The number of nitrogen functional groups attached to an aromatic ring is 1. The maximum absolute atomic E-state index is 12.3. The van der Waals surface area contributed by atoms with E-state index in [1.165, 1.54) is 0 Å². The molecule has 0 aliphatic rings. The zero-order chi connectivity index (χ0) is 14.5. The van der Waals surface area contributed by atoms with Gasteiger partial charge in [-0.3, -0.25) is 10.6 Å². The van der Waals surface area contributed by atoms with Crippen molar-refractivity contribution in [3.63, 3.8) is 0 Å². The number of hydrazine groups is 1. The van der Waals surface area contributed by atoms with E-state index in [0.29, 0.717) is 11.3 Å².